The summed E-state index contributed by atoms with van der Waals surface area (Å²) in [6.45, 7) is 15.3. The van der Waals surface area contributed by atoms with Gasteiger partial charge in [0.1, 0.15) is 6.04 Å². The van der Waals surface area contributed by atoms with E-state index in [0.717, 1.165) is 17.4 Å². The Labute approximate surface area is 164 Å². The zero-order chi connectivity index (χ0) is 19.3. The van der Waals surface area contributed by atoms with Crippen molar-refractivity contribution in [2.75, 3.05) is 12.8 Å². The lowest BCUT2D eigenvalue weighted by Gasteiger charge is -2.22. The quantitative estimate of drug-likeness (QED) is 0.800. The van der Waals surface area contributed by atoms with Crippen LogP contribution in [0.4, 0.5) is 0 Å². The van der Waals surface area contributed by atoms with E-state index in [2.05, 4.69) is 4.72 Å². The van der Waals surface area contributed by atoms with Gasteiger partial charge in [-0.15, -0.1) is 0 Å². The van der Waals surface area contributed by atoms with Gasteiger partial charge in [-0.25, -0.2) is 8.42 Å². The minimum absolute atomic E-state index is 0. The van der Waals surface area contributed by atoms with Crippen molar-refractivity contribution in [1.82, 2.24) is 9.62 Å². The fourth-order valence-electron chi connectivity index (χ4n) is 2.29. The molecule has 0 aromatic heterocycles. The van der Waals surface area contributed by atoms with Crippen LogP contribution in [0.3, 0.4) is 0 Å². The average molecular weight is 385 g/mol. The number of fused-ring (bicyclic) bond motifs is 1. The normalized spacial score (nSPS) is 14.2. The van der Waals surface area contributed by atoms with Crippen molar-refractivity contribution < 1.29 is 13.2 Å². The number of nitrogens with zero attached hydrogens (tertiary/aromatic N) is 1. The molecule has 0 saturated heterocycles. The maximum atomic E-state index is 12.1. The Morgan fingerprint density at radius 2 is 1.58 bits per heavy atom. The number of likely N-dealkylation sites (N-methyl/N-ethyl adjacent to an activating group) is 1. The number of rotatable bonds is 3. The molecular weight excluding hydrogens is 347 g/mol. The summed E-state index contributed by atoms with van der Waals surface area (Å²) in [5, 5.41) is 0. The highest BCUT2D eigenvalue weighted by molar-refractivity contribution is 7.89. The monoisotopic (exact) mass is 385 g/mol. The van der Waals surface area contributed by atoms with E-state index < -0.39 is 22.0 Å². The fourth-order valence-corrected chi connectivity index (χ4v) is 2.77. The summed E-state index contributed by atoms with van der Waals surface area (Å²) < 4.78 is 24.4. The third-order valence-electron chi connectivity index (χ3n) is 3.03. The van der Waals surface area contributed by atoms with Crippen molar-refractivity contribution in [3.05, 3.63) is 35.4 Å². The number of hydrogen-bond acceptors (Lipinski definition) is 4. The van der Waals surface area contributed by atoms with Crippen LogP contribution in [-0.2, 0) is 21.4 Å². The molecule has 7 heteroatoms. The molecule has 0 fully saturated rings. The van der Waals surface area contributed by atoms with Crippen LogP contribution in [0, 0.1) is 0 Å². The Bertz CT molecular complexity index is 578. The standard InChI is InChI=1S/C12H16N2O3S.3C2H6.CH4.B/c1-3-14-8-9-6-4-5-7-10(9)11(14)12(15)13-18(2,16)17;3*1-2;;/h4-7,11H,3,8H2,1-2H3,(H,13,15);3*1-2H3;1H4;. The van der Waals surface area contributed by atoms with E-state index in [1.165, 1.54) is 0 Å². The molecule has 0 spiro atoms. The maximum Gasteiger partial charge on any atom is 0.255 e. The van der Waals surface area contributed by atoms with Crippen LogP contribution in [0.5, 0.6) is 0 Å². The Morgan fingerprint density at radius 3 is 2.00 bits per heavy atom. The molecule has 1 aliphatic rings. The van der Waals surface area contributed by atoms with Crippen LogP contribution in [0.15, 0.2) is 24.3 Å². The Kier molecular flexibility index (Phi) is 21.3. The van der Waals surface area contributed by atoms with Gasteiger partial charge < -0.3 is 0 Å². The fraction of sp³-hybridized carbons (Fsp3) is 0.632. The molecule has 1 aromatic rings. The number of sulfonamides is 1. The first-order valence-electron chi connectivity index (χ1n) is 8.76. The van der Waals surface area contributed by atoms with E-state index in [4.69, 9.17) is 0 Å². The highest BCUT2D eigenvalue weighted by Crippen LogP contribution is 2.33. The van der Waals surface area contributed by atoms with Crippen molar-refractivity contribution >= 4 is 24.3 Å². The van der Waals surface area contributed by atoms with E-state index in [0.29, 0.717) is 13.1 Å². The van der Waals surface area contributed by atoms with Gasteiger partial charge in [-0.2, -0.15) is 0 Å². The summed E-state index contributed by atoms with van der Waals surface area (Å²) in [5.41, 5.74) is 1.97. The first kappa shape index (κ1) is 32.3. The Morgan fingerprint density at radius 1 is 1.12 bits per heavy atom. The average Bonchev–Trinajstić information content (AvgIpc) is 2.97. The molecule has 5 nitrogen and oxygen atoms in total. The molecule has 1 atom stereocenters. The third kappa shape index (κ3) is 9.97. The smallest absolute Gasteiger partial charge is 0.255 e. The topological polar surface area (TPSA) is 66.5 Å². The van der Waals surface area contributed by atoms with Gasteiger partial charge in [0.2, 0.25) is 10.0 Å². The maximum absolute atomic E-state index is 12.1. The number of hydrogen-bond donors (Lipinski definition) is 1. The van der Waals surface area contributed by atoms with E-state index in [9.17, 15) is 13.2 Å². The molecular formula is C19H38BN2O3S. The van der Waals surface area contributed by atoms with Gasteiger partial charge in [0.05, 0.1) is 6.26 Å². The first-order chi connectivity index (χ1) is 11.4. The lowest BCUT2D eigenvalue weighted by molar-refractivity contribution is -0.124. The largest absolute Gasteiger partial charge is 0.284 e. The predicted molar refractivity (Wildman–Crippen MR) is 115 cm³/mol. The van der Waals surface area contributed by atoms with Crippen molar-refractivity contribution in [1.29, 1.82) is 0 Å². The van der Waals surface area contributed by atoms with Gasteiger partial charge in [0, 0.05) is 15.0 Å². The van der Waals surface area contributed by atoms with Crippen LogP contribution >= 0.6 is 0 Å². The molecule has 1 amide bonds. The van der Waals surface area contributed by atoms with Crippen molar-refractivity contribution in [3.8, 4) is 0 Å². The molecule has 0 saturated carbocycles. The van der Waals surface area contributed by atoms with Crippen molar-refractivity contribution in [3.63, 3.8) is 0 Å². The molecule has 26 heavy (non-hydrogen) atoms. The van der Waals surface area contributed by atoms with E-state index in [-0.39, 0.29) is 15.8 Å². The van der Waals surface area contributed by atoms with Gasteiger partial charge in [-0.1, -0.05) is 80.2 Å². The number of carbonyl (C=O) groups excluding carboxylic acids is 1. The van der Waals surface area contributed by atoms with Crippen molar-refractivity contribution in [2.45, 2.75) is 68.5 Å². The van der Waals surface area contributed by atoms with Crippen molar-refractivity contribution in [2.24, 2.45) is 0 Å². The molecule has 0 aliphatic carbocycles. The molecule has 1 heterocycles. The molecule has 151 valence electrons. The number of carbonyl (C=O) groups is 1. The summed E-state index contributed by atoms with van der Waals surface area (Å²) in [7, 11) is -3.52. The second-order valence-corrected chi connectivity index (χ2v) is 6.15. The van der Waals surface area contributed by atoms with E-state index >= 15 is 0 Å². The van der Waals surface area contributed by atoms with Crippen LogP contribution < -0.4 is 4.72 Å². The van der Waals surface area contributed by atoms with Gasteiger partial charge in [-0.3, -0.25) is 14.4 Å². The molecule has 1 N–H and O–H groups in total. The van der Waals surface area contributed by atoms with Gasteiger partial charge in [-0.05, 0) is 17.7 Å². The molecule has 0 bridgehead atoms. The first-order valence-corrected chi connectivity index (χ1v) is 10.6. The Balaban J connectivity index is -0.000000275. The highest BCUT2D eigenvalue weighted by Gasteiger charge is 2.35. The second-order valence-electron chi connectivity index (χ2n) is 4.40. The lowest BCUT2D eigenvalue weighted by Crippen LogP contribution is -2.39. The molecule has 1 aliphatic heterocycles. The van der Waals surface area contributed by atoms with E-state index in [1.54, 1.807) is 0 Å². The van der Waals surface area contributed by atoms with Crippen LogP contribution in [0.1, 0.15) is 73.1 Å². The van der Waals surface area contributed by atoms with Crippen LogP contribution in [0.2, 0.25) is 0 Å². The Hall–Kier alpha value is -1.34. The molecule has 3 radical (unpaired) electrons. The van der Waals surface area contributed by atoms with Crippen LogP contribution in [0.25, 0.3) is 0 Å². The van der Waals surface area contributed by atoms with Crippen LogP contribution in [-0.4, -0.2) is 40.4 Å². The molecule has 1 aromatic carbocycles. The zero-order valence-corrected chi connectivity index (χ0v) is 17.8. The number of amides is 1. The summed E-state index contributed by atoms with van der Waals surface area (Å²) >= 11 is 0. The number of benzene rings is 1. The van der Waals surface area contributed by atoms with Gasteiger partial charge >= 0.3 is 0 Å². The minimum atomic E-state index is -3.52. The minimum Gasteiger partial charge on any atom is -0.284 e. The number of nitrogens with one attached hydrogen (secondary N) is 1. The molecule has 1 unspecified atom stereocenters. The molecule has 2 rings (SSSR count). The summed E-state index contributed by atoms with van der Waals surface area (Å²) in [6, 6.07) is 7.10. The SMILES string of the molecule is C.CC.CC.CC.CCN1Cc2ccccc2C1C(=O)NS(C)(=O)=O.[B]. The predicted octanol–water partition coefficient (Wildman–Crippen LogP) is 3.97. The second kappa shape index (κ2) is 17.1. The third-order valence-corrected chi connectivity index (χ3v) is 3.60. The van der Waals surface area contributed by atoms with E-state index in [1.807, 2.05) is 77.6 Å². The van der Waals surface area contributed by atoms with Gasteiger partial charge in [0.25, 0.3) is 5.91 Å². The summed E-state index contributed by atoms with van der Waals surface area (Å²) in [6.07, 6.45) is 0.988. The zero-order valence-electron chi connectivity index (χ0n) is 17.0. The van der Waals surface area contributed by atoms with Gasteiger partial charge in [0.15, 0.2) is 0 Å². The summed E-state index contributed by atoms with van der Waals surface area (Å²) in [4.78, 5) is 14.0. The lowest BCUT2D eigenvalue weighted by atomic mass is 10.0. The highest BCUT2D eigenvalue weighted by atomic mass is 32.2. The summed E-state index contributed by atoms with van der Waals surface area (Å²) in [5.74, 6) is -0.482.